The molecule has 0 amide bonds. The number of hydrogen-bond donors (Lipinski definition) is 2. The van der Waals surface area contributed by atoms with E-state index in [4.69, 9.17) is 0 Å². The topological polar surface area (TPSA) is 84.3 Å². The highest BCUT2D eigenvalue weighted by Gasteiger charge is 2.06. The maximum absolute atomic E-state index is 4.23. The van der Waals surface area contributed by atoms with E-state index in [0.29, 0.717) is 0 Å². The average Bonchev–Trinajstić information content (AvgIpc) is 3.01. The van der Waals surface area contributed by atoms with Gasteiger partial charge < -0.3 is 10.3 Å². The molecule has 7 nitrogen and oxygen atoms in total. The van der Waals surface area contributed by atoms with Crippen molar-refractivity contribution in [3.8, 4) is 0 Å². The van der Waals surface area contributed by atoms with Gasteiger partial charge in [0.2, 0.25) is 0 Å². The summed E-state index contributed by atoms with van der Waals surface area (Å²) in [5.74, 6) is 1.76. The second-order valence-corrected chi connectivity index (χ2v) is 3.94. The second kappa shape index (κ2) is 4.44. The normalized spacial score (nSPS) is 10.9. The molecule has 0 radical (unpaired) electrons. The number of anilines is 1. The third-order valence-corrected chi connectivity index (χ3v) is 2.74. The quantitative estimate of drug-likeness (QED) is 0.706. The van der Waals surface area contributed by atoms with E-state index in [0.717, 1.165) is 35.6 Å². The lowest BCUT2D eigenvalue weighted by Crippen LogP contribution is -2.07. The van der Waals surface area contributed by atoms with Gasteiger partial charge in [-0.25, -0.2) is 15.0 Å². The number of aryl methyl sites for hydroxylation is 1. The van der Waals surface area contributed by atoms with E-state index in [1.165, 1.54) is 0 Å². The molecule has 2 N–H and O–H groups in total. The van der Waals surface area contributed by atoms with Gasteiger partial charge in [0.25, 0.3) is 0 Å². The molecule has 0 aliphatic heterocycles. The molecular formula is C11H13N7. The monoisotopic (exact) mass is 243 g/mol. The number of hydrogen-bond acceptors (Lipinski definition) is 5. The van der Waals surface area contributed by atoms with Crippen molar-refractivity contribution in [2.24, 2.45) is 7.05 Å². The van der Waals surface area contributed by atoms with Crippen molar-refractivity contribution >= 4 is 16.9 Å². The molecule has 0 bridgehead atoms. The molecule has 3 heterocycles. The molecule has 3 aromatic rings. The fourth-order valence-electron chi connectivity index (χ4n) is 1.84. The number of rotatable bonds is 4. The highest BCUT2D eigenvalue weighted by molar-refractivity contribution is 5.85. The summed E-state index contributed by atoms with van der Waals surface area (Å²) in [6.07, 6.45) is 7.70. The van der Waals surface area contributed by atoms with E-state index in [1.54, 1.807) is 23.4 Å². The Morgan fingerprint density at radius 2 is 2.28 bits per heavy atom. The first-order chi connectivity index (χ1) is 8.84. The van der Waals surface area contributed by atoms with Crippen molar-refractivity contribution < 1.29 is 0 Å². The molecule has 0 atom stereocenters. The number of nitrogens with one attached hydrogen (secondary N) is 2. The van der Waals surface area contributed by atoms with Gasteiger partial charge in [-0.2, -0.15) is 5.10 Å². The molecule has 0 spiro atoms. The first kappa shape index (κ1) is 10.7. The molecule has 7 heteroatoms. The number of H-pyrrole nitrogens is 1. The molecule has 0 saturated carbocycles. The van der Waals surface area contributed by atoms with Crippen LogP contribution in [0.5, 0.6) is 0 Å². The summed E-state index contributed by atoms with van der Waals surface area (Å²) in [6, 6.07) is 0. The van der Waals surface area contributed by atoms with Crippen LogP contribution in [0.15, 0.2) is 24.9 Å². The molecular weight excluding hydrogens is 230 g/mol. The van der Waals surface area contributed by atoms with Crippen LogP contribution in [0.4, 0.5) is 5.82 Å². The van der Waals surface area contributed by atoms with E-state index >= 15 is 0 Å². The van der Waals surface area contributed by atoms with Crippen molar-refractivity contribution in [2.45, 2.75) is 6.42 Å². The summed E-state index contributed by atoms with van der Waals surface area (Å²) in [4.78, 5) is 15.7. The van der Waals surface area contributed by atoms with Crippen LogP contribution in [0.25, 0.3) is 11.0 Å². The lowest BCUT2D eigenvalue weighted by atomic mass is 10.3. The Balaban J connectivity index is 1.74. The molecule has 18 heavy (non-hydrogen) atoms. The van der Waals surface area contributed by atoms with Crippen LogP contribution in [0.2, 0.25) is 0 Å². The third-order valence-electron chi connectivity index (χ3n) is 2.74. The van der Waals surface area contributed by atoms with Crippen LogP contribution in [-0.4, -0.2) is 36.3 Å². The van der Waals surface area contributed by atoms with Gasteiger partial charge in [-0.05, 0) is 0 Å². The van der Waals surface area contributed by atoms with Crippen molar-refractivity contribution in [2.75, 3.05) is 11.9 Å². The van der Waals surface area contributed by atoms with Crippen molar-refractivity contribution in [3.05, 3.63) is 30.7 Å². The molecule has 0 saturated heterocycles. The van der Waals surface area contributed by atoms with Gasteiger partial charge in [0.05, 0.1) is 11.6 Å². The van der Waals surface area contributed by atoms with Gasteiger partial charge in [-0.15, -0.1) is 0 Å². The van der Waals surface area contributed by atoms with Gasteiger partial charge in [-0.3, -0.25) is 4.68 Å². The highest BCUT2D eigenvalue weighted by atomic mass is 15.3. The Morgan fingerprint density at radius 1 is 1.33 bits per heavy atom. The third kappa shape index (κ3) is 1.90. The zero-order chi connectivity index (χ0) is 12.4. The Morgan fingerprint density at radius 3 is 3.11 bits per heavy atom. The van der Waals surface area contributed by atoms with Crippen LogP contribution in [0, 0.1) is 0 Å². The van der Waals surface area contributed by atoms with Gasteiger partial charge in [-0.1, -0.05) is 0 Å². The SMILES string of the molecule is Cn1ncc2c(NCCc3ncc[nH]3)ncnc21. The van der Waals surface area contributed by atoms with Crippen molar-refractivity contribution in [1.82, 2.24) is 29.7 Å². The number of nitrogens with zero attached hydrogens (tertiary/aromatic N) is 5. The first-order valence-electron chi connectivity index (χ1n) is 5.69. The zero-order valence-electron chi connectivity index (χ0n) is 9.96. The highest BCUT2D eigenvalue weighted by Crippen LogP contribution is 2.17. The smallest absolute Gasteiger partial charge is 0.163 e. The molecule has 3 aromatic heterocycles. The number of aromatic nitrogens is 6. The number of aromatic amines is 1. The molecule has 92 valence electrons. The Bertz CT molecular complexity index is 641. The van der Waals surface area contributed by atoms with Gasteiger partial charge in [0, 0.05) is 32.4 Å². The van der Waals surface area contributed by atoms with Crippen LogP contribution >= 0.6 is 0 Å². The lowest BCUT2D eigenvalue weighted by molar-refractivity contribution is 0.785. The van der Waals surface area contributed by atoms with Crippen LogP contribution < -0.4 is 5.32 Å². The van der Waals surface area contributed by atoms with Crippen LogP contribution in [0.1, 0.15) is 5.82 Å². The average molecular weight is 243 g/mol. The minimum Gasteiger partial charge on any atom is -0.369 e. The summed E-state index contributed by atoms with van der Waals surface area (Å²) in [5, 5.41) is 8.37. The lowest BCUT2D eigenvalue weighted by Gasteiger charge is -2.04. The van der Waals surface area contributed by atoms with Crippen LogP contribution in [0.3, 0.4) is 0 Å². The Hall–Kier alpha value is -2.44. The Labute approximate surface area is 103 Å². The van der Waals surface area contributed by atoms with Crippen LogP contribution in [-0.2, 0) is 13.5 Å². The minimum absolute atomic E-state index is 0.758. The number of imidazole rings is 1. The van der Waals surface area contributed by atoms with Gasteiger partial charge in [0.1, 0.15) is 18.0 Å². The summed E-state index contributed by atoms with van der Waals surface area (Å²) in [7, 11) is 1.86. The van der Waals surface area contributed by atoms with Gasteiger partial charge >= 0.3 is 0 Å². The second-order valence-electron chi connectivity index (χ2n) is 3.94. The fourth-order valence-corrected chi connectivity index (χ4v) is 1.84. The predicted molar refractivity (Wildman–Crippen MR) is 67.1 cm³/mol. The summed E-state index contributed by atoms with van der Waals surface area (Å²) >= 11 is 0. The molecule has 0 fully saturated rings. The van der Waals surface area contributed by atoms with E-state index in [1.807, 2.05) is 13.2 Å². The summed E-state index contributed by atoms with van der Waals surface area (Å²) in [6.45, 7) is 0.758. The Kier molecular flexibility index (Phi) is 2.64. The van der Waals surface area contributed by atoms with E-state index in [2.05, 4.69) is 30.4 Å². The maximum Gasteiger partial charge on any atom is 0.163 e. The summed E-state index contributed by atoms with van der Waals surface area (Å²) in [5.41, 5.74) is 0.825. The molecule has 0 aliphatic rings. The van der Waals surface area contributed by atoms with Crippen molar-refractivity contribution in [3.63, 3.8) is 0 Å². The molecule has 3 rings (SSSR count). The maximum atomic E-state index is 4.23. The van der Waals surface area contributed by atoms with Gasteiger partial charge in [0.15, 0.2) is 5.65 Å². The largest absolute Gasteiger partial charge is 0.369 e. The molecule has 0 aromatic carbocycles. The zero-order valence-corrected chi connectivity index (χ0v) is 9.96. The predicted octanol–water partition coefficient (Wildman–Crippen LogP) is 0.741. The molecule has 0 unspecified atom stereocenters. The number of fused-ring (bicyclic) bond motifs is 1. The standard InChI is InChI=1S/C11H13N7/c1-18-11-8(6-17-18)10(15-7-16-11)14-3-2-9-12-4-5-13-9/h4-7H,2-3H2,1H3,(H,12,13)(H,14,15,16). The van der Waals surface area contributed by atoms with E-state index in [-0.39, 0.29) is 0 Å². The van der Waals surface area contributed by atoms with E-state index in [9.17, 15) is 0 Å². The van der Waals surface area contributed by atoms with Crippen molar-refractivity contribution in [1.29, 1.82) is 0 Å². The first-order valence-corrected chi connectivity index (χ1v) is 5.69. The van der Waals surface area contributed by atoms with E-state index < -0.39 is 0 Å². The minimum atomic E-state index is 0.758. The summed E-state index contributed by atoms with van der Waals surface area (Å²) < 4.78 is 1.73. The molecule has 0 aliphatic carbocycles. The fraction of sp³-hybridized carbons (Fsp3) is 0.273.